The lowest BCUT2D eigenvalue weighted by Gasteiger charge is -2.20. The third-order valence-corrected chi connectivity index (χ3v) is 4.09. The number of hydrogen-bond acceptors (Lipinski definition) is 4. The fourth-order valence-corrected chi connectivity index (χ4v) is 2.95. The van der Waals surface area contributed by atoms with Crippen molar-refractivity contribution in [2.45, 2.75) is 45.8 Å². The van der Waals surface area contributed by atoms with E-state index in [-0.39, 0.29) is 16.9 Å². The highest BCUT2D eigenvalue weighted by molar-refractivity contribution is 5.74. The first-order valence-corrected chi connectivity index (χ1v) is 7.87. The number of nitro groups is 1. The minimum absolute atomic E-state index is 0.0667. The highest BCUT2D eigenvalue weighted by atomic mass is 16.6. The Kier molecular flexibility index (Phi) is 5.52. The quantitative estimate of drug-likeness (QED) is 0.589. The molecule has 22 heavy (non-hydrogen) atoms. The highest BCUT2D eigenvalue weighted by Crippen LogP contribution is 2.34. The summed E-state index contributed by atoms with van der Waals surface area (Å²) in [7, 11) is 0. The summed E-state index contributed by atoms with van der Waals surface area (Å²) < 4.78 is 5.78. The first kappa shape index (κ1) is 16.5. The maximum Gasteiger partial charge on any atom is 0.268 e. The summed E-state index contributed by atoms with van der Waals surface area (Å²) in [6, 6.07) is -0.737. The van der Waals surface area contributed by atoms with Crippen molar-refractivity contribution < 1.29 is 9.66 Å². The van der Waals surface area contributed by atoms with Crippen molar-refractivity contribution in [1.29, 1.82) is 0 Å². The molecule has 5 heteroatoms. The van der Waals surface area contributed by atoms with E-state index in [4.69, 9.17) is 4.74 Å². The van der Waals surface area contributed by atoms with Crippen LogP contribution in [0.5, 0.6) is 0 Å². The highest BCUT2D eigenvalue weighted by Gasteiger charge is 2.34. The molecule has 0 radical (unpaired) electrons. The van der Waals surface area contributed by atoms with E-state index in [0.717, 1.165) is 12.0 Å². The molecule has 0 N–H and O–H groups in total. The molecule has 2 aliphatic rings. The van der Waals surface area contributed by atoms with Crippen LogP contribution in [0.25, 0.3) is 0 Å². The lowest BCUT2D eigenvalue weighted by molar-refractivity contribution is -0.518. The zero-order valence-electron chi connectivity index (χ0n) is 13.4. The molecule has 1 heterocycles. The molecular formula is C17H24N2O3. The van der Waals surface area contributed by atoms with Crippen molar-refractivity contribution in [2.24, 2.45) is 16.8 Å². The Bertz CT molecular complexity index is 532. The summed E-state index contributed by atoms with van der Waals surface area (Å²) in [5.74, 6) is 0.961. The largest absolute Gasteiger partial charge is 0.488 e. The number of nitrogens with zero attached hydrogens (tertiary/aromatic N) is 2. The molecule has 0 saturated heterocycles. The van der Waals surface area contributed by atoms with Crippen molar-refractivity contribution in [3.8, 4) is 0 Å². The van der Waals surface area contributed by atoms with Gasteiger partial charge >= 0.3 is 0 Å². The number of hydrogen-bond donors (Lipinski definition) is 0. The minimum Gasteiger partial charge on any atom is -0.488 e. The molecule has 120 valence electrons. The SMILES string of the molecule is CC(C)OC1=CC(C2=CC=NCC=C2)C(C)CCC1[N+](=O)[O-]. The Morgan fingerprint density at radius 3 is 2.86 bits per heavy atom. The van der Waals surface area contributed by atoms with Crippen molar-refractivity contribution in [3.63, 3.8) is 0 Å². The van der Waals surface area contributed by atoms with Crippen LogP contribution in [0, 0.1) is 22.0 Å². The van der Waals surface area contributed by atoms with Crippen LogP contribution in [0.1, 0.15) is 33.6 Å². The van der Waals surface area contributed by atoms with Gasteiger partial charge in [0.2, 0.25) is 0 Å². The normalized spacial score (nSPS) is 28.6. The predicted molar refractivity (Wildman–Crippen MR) is 87.6 cm³/mol. The molecule has 0 amide bonds. The van der Waals surface area contributed by atoms with E-state index in [1.807, 2.05) is 38.3 Å². The summed E-state index contributed by atoms with van der Waals surface area (Å²) in [5, 5.41) is 11.4. The number of aliphatic imine (C=N–C) groups is 1. The number of rotatable bonds is 4. The minimum atomic E-state index is -0.737. The van der Waals surface area contributed by atoms with Crippen LogP contribution < -0.4 is 0 Å². The Morgan fingerprint density at radius 2 is 2.18 bits per heavy atom. The van der Waals surface area contributed by atoms with Gasteiger partial charge in [0.1, 0.15) is 0 Å². The van der Waals surface area contributed by atoms with Crippen molar-refractivity contribution in [1.82, 2.24) is 0 Å². The molecule has 1 aliphatic heterocycles. The fraction of sp³-hybridized carbons (Fsp3) is 0.588. The van der Waals surface area contributed by atoms with Crippen molar-refractivity contribution in [2.75, 3.05) is 6.54 Å². The van der Waals surface area contributed by atoms with Gasteiger partial charge in [0.05, 0.1) is 12.6 Å². The van der Waals surface area contributed by atoms with Crippen LogP contribution in [0.2, 0.25) is 0 Å². The second-order valence-corrected chi connectivity index (χ2v) is 6.20. The van der Waals surface area contributed by atoms with Crippen molar-refractivity contribution in [3.05, 3.63) is 45.8 Å². The molecule has 0 spiro atoms. The maximum absolute atomic E-state index is 11.4. The molecule has 2 rings (SSSR count). The third kappa shape index (κ3) is 4.06. The van der Waals surface area contributed by atoms with Gasteiger partial charge in [-0.15, -0.1) is 0 Å². The topological polar surface area (TPSA) is 64.7 Å². The predicted octanol–water partition coefficient (Wildman–Crippen LogP) is 3.55. The Hall–Kier alpha value is -1.91. The fourth-order valence-electron chi connectivity index (χ4n) is 2.95. The molecule has 3 unspecified atom stereocenters. The molecule has 0 bridgehead atoms. The van der Waals surface area contributed by atoms with E-state index < -0.39 is 6.04 Å². The van der Waals surface area contributed by atoms with Crippen LogP contribution in [0.3, 0.4) is 0 Å². The van der Waals surface area contributed by atoms with Crippen molar-refractivity contribution >= 4 is 6.21 Å². The van der Waals surface area contributed by atoms with Gasteiger partial charge in [0.25, 0.3) is 6.04 Å². The zero-order valence-corrected chi connectivity index (χ0v) is 13.4. The van der Waals surface area contributed by atoms with Gasteiger partial charge in [-0.2, -0.15) is 0 Å². The molecule has 0 aromatic carbocycles. The lowest BCUT2D eigenvalue weighted by atomic mass is 9.85. The number of ether oxygens (including phenoxy) is 1. The molecule has 0 saturated carbocycles. The Morgan fingerprint density at radius 1 is 1.41 bits per heavy atom. The summed E-state index contributed by atoms with van der Waals surface area (Å²) in [5.41, 5.74) is 1.14. The third-order valence-electron chi connectivity index (χ3n) is 4.09. The lowest BCUT2D eigenvalue weighted by Crippen LogP contribution is -2.24. The summed E-state index contributed by atoms with van der Waals surface area (Å²) in [6.07, 6.45) is 11.1. The smallest absolute Gasteiger partial charge is 0.268 e. The molecule has 3 atom stereocenters. The standard InChI is InChI=1S/C17H24N2O3/c1-12(2)22-17-11-15(14-5-4-9-18-10-8-14)13(3)6-7-16(17)19(20)21/h4-5,8,10-13,15-16H,6-7,9H2,1-3H3. The van der Waals surface area contributed by atoms with Crippen LogP contribution in [-0.4, -0.2) is 29.8 Å². The molecule has 0 aromatic rings. The first-order chi connectivity index (χ1) is 10.5. The molecular weight excluding hydrogens is 280 g/mol. The molecule has 5 nitrogen and oxygen atoms in total. The van der Waals surface area contributed by atoms with Crippen LogP contribution in [0.15, 0.2) is 40.6 Å². The molecule has 0 aromatic heterocycles. The molecule has 1 aliphatic carbocycles. The average molecular weight is 304 g/mol. The van der Waals surface area contributed by atoms with E-state index in [2.05, 4.69) is 18.0 Å². The van der Waals surface area contributed by atoms with Crippen LogP contribution in [0.4, 0.5) is 0 Å². The number of allylic oxidation sites excluding steroid dienone is 4. The monoisotopic (exact) mass is 304 g/mol. The van der Waals surface area contributed by atoms with E-state index in [9.17, 15) is 10.1 Å². The second kappa shape index (κ2) is 7.38. The van der Waals surface area contributed by atoms with Crippen LogP contribution in [-0.2, 0) is 4.74 Å². The summed E-state index contributed by atoms with van der Waals surface area (Å²) in [6.45, 7) is 6.63. The zero-order chi connectivity index (χ0) is 16.1. The maximum atomic E-state index is 11.4. The molecule has 0 fully saturated rings. The van der Waals surface area contributed by atoms with Gasteiger partial charge in [-0.1, -0.05) is 19.1 Å². The van der Waals surface area contributed by atoms with Crippen LogP contribution >= 0.6 is 0 Å². The van der Waals surface area contributed by atoms with E-state index in [1.165, 1.54) is 0 Å². The van der Waals surface area contributed by atoms with Gasteiger partial charge in [-0.25, -0.2) is 0 Å². The first-order valence-electron chi connectivity index (χ1n) is 7.87. The second-order valence-electron chi connectivity index (χ2n) is 6.20. The van der Waals surface area contributed by atoms with E-state index in [1.54, 1.807) is 0 Å². The van der Waals surface area contributed by atoms with Gasteiger partial charge < -0.3 is 4.74 Å². The van der Waals surface area contributed by atoms with Gasteiger partial charge in [0.15, 0.2) is 5.76 Å². The summed E-state index contributed by atoms with van der Waals surface area (Å²) in [4.78, 5) is 15.4. The van der Waals surface area contributed by atoms with E-state index >= 15 is 0 Å². The van der Waals surface area contributed by atoms with Gasteiger partial charge in [0, 0.05) is 23.5 Å². The average Bonchev–Trinajstić information content (AvgIpc) is 2.78. The summed E-state index contributed by atoms with van der Waals surface area (Å²) >= 11 is 0. The van der Waals surface area contributed by atoms with Gasteiger partial charge in [-0.05, 0) is 43.9 Å². The van der Waals surface area contributed by atoms with E-state index in [0.29, 0.717) is 24.6 Å². The Balaban J connectivity index is 2.37. The van der Waals surface area contributed by atoms with Gasteiger partial charge in [-0.3, -0.25) is 15.1 Å². The Labute approximate surface area is 131 Å².